The predicted octanol–water partition coefficient (Wildman–Crippen LogP) is 3.80. The SMILES string of the molecule is COC(C)CO[C@H]1COc2ccccc2[C@@H]1Nc1ncnc2[nH]c(C3CC3)cc12. The van der Waals surface area contributed by atoms with Crippen LogP contribution in [0, 0.1) is 0 Å². The van der Waals surface area contributed by atoms with Crippen molar-refractivity contribution in [3.05, 3.63) is 47.9 Å². The third-order valence-electron chi connectivity index (χ3n) is 5.73. The lowest BCUT2D eigenvalue weighted by molar-refractivity contribution is -0.0484. The molecule has 1 aliphatic heterocycles. The van der Waals surface area contributed by atoms with Crippen LogP contribution in [0.15, 0.2) is 36.7 Å². The highest BCUT2D eigenvalue weighted by molar-refractivity contribution is 5.88. The molecule has 2 aromatic heterocycles. The van der Waals surface area contributed by atoms with E-state index in [1.54, 1.807) is 13.4 Å². The maximum Gasteiger partial charge on any atom is 0.143 e. The van der Waals surface area contributed by atoms with Crippen molar-refractivity contribution >= 4 is 16.9 Å². The minimum absolute atomic E-state index is 0.0179. The zero-order valence-corrected chi connectivity index (χ0v) is 16.7. The molecule has 1 unspecified atom stereocenters. The molecule has 0 spiro atoms. The molecule has 7 heteroatoms. The van der Waals surface area contributed by atoms with E-state index >= 15 is 0 Å². The number of aromatic amines is 1. The molecule has 2 aliphatic rings. The zero-order chi connectivity index (χ0) is 19.8. The van der Waals surface area contributed by atoms with Gasteiger partial charge in [-0.05, 0) is 37.8 Å². The van der Waals surface area contributed by atoms with E-state index in [2.05, 4.69) is 32.4 Å². The predicted molar refractivity (Wildman–Crippen MR) is 110 cm³/mol. The Bertz CT molecular complexity index is 1000. The van der Waals surface area contributed by atoms with Gasteiger partial charge in [0.2, 0.25) is 0 Å². The van der Waals surface area contributed by atoms with Crippen molar-refractivity contribution < 1.29 is 14.2 Å². The van der Waals surface area contributed by atoms with Crippen molar-refractivity contribution in [3.8, 4) is 5.75 Å². The van der Waals surface area contributed by atoms with Crippen LogP contribution in [0.1, 0.15) is 43.0 Å². The van der Waals surface area contributed by atoms with E-state index in [0.29, 0.717) is 19.1 Å². The topological polar surface area (TPSA) is 81.3 Å². The molecule has 1 aliphatic carbocycles. The molecule has 1 saturated carbocycles. The Morgan fingerprint density at radius 3 is 2.97 bits per heavy atom. The molecule has 3 atom stereocenters. The lowest BCUT2D eigenvalue weighted by Gasteiger charge is -2.34. The number of anilines is 1. The molecule has 7 nitrogen and oxygen atoms in total. The molecular formula is C22H26N4O3. The van der Waals surface area contributed by atoms with Crippen molar-refractivity contribution in [3.63, 3.8) is 0 Å². The van der Waals surface area contributed by atoms with Gasteiger partial charge < -0.3 is 24.5 Å². The minimum Gasteiger partial charge on any atom is -0.490 e. The van der Waals surface area contributed by atoms with E-state index in [0.717, 1.165) is 28.2 Å². The molecule has 1 aromatic carbocycles. The Hall–Kier alpha value is -2.64. The first-order valence-electron chi connectivity index (χ1n) is 10.2. The van der Waals surface area contributed by atoms with Crippen LogP contribution in [0.5, 0.6) is 5.75 Å². The number of hydrogen-bond acceptors (Lipinski definition) is 6. The molecule has 29 heavy (non-hydrogen) atoms. The summed E-state index contributed by atoms with van der Waals surface area (Å²) >= 11 is 0. The molecule has 0 radical (unpaired) electrons. The van der Waals surface area contributed by atoms with Gasteiger partial charge in [-0.25, -0.2) is 9.97 Å². The summed E-state index contributed by atoms with van der Waals surface area (Å²) in [6, 6.07) is 10.2. The average molecular weight is 394 g/mol. The first kappa shape index (κ1) is 18.4. The second-order valence-corrected chi connectivity index (χ2v) is 7.87. The van der Waals surface area contributed by atoms with Crippen LogP contribution >= 0.6 is 0 Å². The second-order valence-electron chi connectivity index (χ2n) is 7.87. The summed E-state index contributed by atoms with van der Waals surface area (Å²) in [5.41, 5.74) is 3.19. The quantitative estimate of drug-likeness (QED) is 0.634. The largest absolute Gasteiger partial charge is 0.490 e. The van der Waals surface area contributed by atoms with Gasteiger partial charge in [0.15, 0.2) is 0 Å². The van der Waals surface area contributed by atoms with Crippen molar-refractivity contribution in [1.29, 1.82) is 0 Å². The van der Waals surface area contributed by atoms with Gasteiger partial charge in [0.25, 0.3) is 0 Å². The van der Waals surface area contributed by atoms with Crippen LogP contribution in [0.2, 0.25) is 0 Å². The molecule has 1 fully saturated rings. The second kappa shape index (κ2) is 7.65. The molecule has 0 amide bonds. The summed E-state index contributed by atoms with van der Waals surface area (Å²) < 4.78 is 17.5. The summed E-state index contributed by atoms with van der Waals surface area (Å²) in [6.07, 6.45) is 3.94. The van der Waals surface area contributed by atoms with E-state index < -0.39 is 0 Å². The number of rotatable bonds is 7. The fraction of sp³-hybridized carbons (Fsp3) is 0.455. The molecule has 0 saturated heterocycles. The summed E-state index contributed by atoms with van der Waals surface area (Å²) in [5.74, 6) is 2.32. The molecule has 2 N–H and O–H groups in total. The van der Waals surface area contributed by atoms with Crippen molar-refractivity contribution in [2.45, 2.75) is 43.9 Å². The number of hydrogen-bond donors (Lipinski definition) is 2. The number of nitrogens with zero attached hydrogens (tertiary/aromatic N) is 2. The Morgan fingerprint density at radius 1 is 1.28 bits per heavy atom. The standard InChI is InChI=1S/C22H26N4O3/c1-13(27-2)10-28-19-11-29-18-6-4-3-5-15(18)20(19)26-22-16-9-17(14-7-8-14)25-21(16)23-12-24-22/h3-6,9,12-14,19-20H,7-8,10-11H2,1-2H3,(H2,23,24,25,26)/t13?,19-,20-/m0/s1. The molecule has 3 heterocycles. The Morgan fingerprint density at radius 2 is 2.14 bits per heavy atom. The molecule has 5 rings (SSSR count). The van der Waals surface area contributed by atoms with Crippen molar-refractivity contribution in [2.75, 3.05) is 25.6 Å². The summed E-state index contributed by atoms with van der Waals surface area (Å²) in [7, 11) is 1.69. The fourth-order valence-electron chi connectivity index (χ4n) is 3.82. The molecule has 3 aromatic rings. The van der Waals surface area contributed by atoms with Crippen LogP contribution in [-0.2, 0) is 9.47 Å². The summed E-state index contributed by atoms with van der Waals surface area (Å²) in [6.45, 7) is 2.97. The van der Waals surface area contributed by atoms with Crippen LogP contribution < -0.4 is 10.1 Å². The number of nitrogens with one attached hydrogen (secondary N) is 2. The van der Waals surface area contributed by atoms with Gasteiger partial charge in [-0.2, -0.15) is 0 Å². The van der Waals surface area contributed by atoms with E-state index in [4.69, 9.17) is 14.2 Å². The van der Waals surface area contributed by atoms with Crippen LogP contribution in [0.3, 0.4) is 0 Å². The van der Waals surface area contributed by atoms with Gasteiger partial charge in [-0.3, -0.25) is 0 Å². The Balaban J connectivity index is 1.47. The molecule has 152 valence electrons. The van der Waals surface area contributed by atoms with Crippen LogP contribution in [0.4, 0.5) is 5.82 Å². The van der Waals surface area contributed by atoms with Crippen LogP contribution in [0.25, 0.3) is 11.0 Å². The number of benzene rings is 1. The van der Waals surface area contributed by atoms with Gasteiger partial charge in [-0.15, -0.1) is 0 Å². The highest BCUT2D eigenvalue weighted by Crippen LogP contribution is 2.42. The lowest BCUT2D eigenvalue weighted by Crippen LogP contribution is -2.39. The van der Waals surface area contributed by atoms with Gasteiger partial charge in [-0.1, -0.05) is 18.2 Å². The summed E-state index contributed by atoms with van der Waals surface area (Å²) in [5, 5.41) is 4.64. The Labute approximate surface area is 169 Å². The maximum atomic E-state index is 6.18. The van der Waals surface area contributed by atoms with Gasteiger partial charge >= 0.3 is 0 Å². The number of methoxy groups -OCH3 is 1. The van der Waals surface area contributed by atoms with Crippen molar-refractivity contribution in [2.24, 2.45) is 0 Å². The van der Waals surface area contributed by atoms with E-state index in [1.165, 1.54) is 18.5 Å². The smallest absolute Gasteiger partial charge is 0.143 e. The van der Waals surface area contributed by atoms with Gasteiger partial charge in [0.1, 0.15) is 36.3 Å². The number of H-pyrrole nitrogens is 1. The number of fused-ring (bicyclic) bond motifs is 2. The normalized spacial score (nSPS) is 22.1. The third-order valence-corrected chi connectivity index (χ3v) is 5.73. The van der Waals surface area contributed by atoms with E-state index in [9.17, 15) is 0 Å². The minimum atomic E-state index is -0.158. The highest BCUT2D eigenvalue weighted by atomic mass is 16.6. The third kappa shape index (κ3) is 3.68. The van der Waals surface area contributed by atoms with E-state index in [1.807, 2.05) is 25.1 Å². The lowest BCUT2D eigenvalue weighted by atomic mass is 9.98. The first-order chi connectivity index (χ1) is 14.2. The average Bonchev–Trinajstić information content (AvgIpc) is 3.51. The zero-order valence-electron chi connectivity index (χ0n) is 16.7. The number of aromatic nitrogens is 3. The van der Waals surface area contributed by atoms with Gasteiger partial charge in [0.05, 0.1) is 24.1 Å². The fourth-order valence-corrected chi connectivity index (χ4v) is 3.82. The summed E-state index contributed by atoms with van der Waals surface area (Å²) in [4.78, 5) is 12.4. The first-order valence-corrected chi connectivity index (χ1v) is 10.2. The number of para-hydroxylation sites is 1. The Kier molecular flexibility index (Phi) is 4.85. The maximum absolute atomic E-state index is 6.18. The molecular weight excluding hydrogens is 368 g/mol. The highest BCUT2D eigenvalue weighted by Gasteiger charge is 2.33. The van der Waals surface area contributed by atoms with Crippen LogP contribution in [-0.4, -0.2) is 47.5 Å². The van der Waals surface area contributed by atoms with E-state index in [-0.39, 0.29) is 18.2 Å². The van der Waals surface area contributed by atoms with Crippen molar-refractivity contribution in [1.82, 2.24) is 15.0 Å². The number of ether oxygens (including phenoxy) is 3. The molecule has 0 bridgehead atoms. The monoisotopic (exact) mass is 394 g/mol. The van der Waals surface area contributed by atoms with Gasteiger partial charge in [0, 0.05) is 18.4 Å².